The van der Waals surface area contributed by atoms with E-state index in [9.17, 15) is 14.0 Å². The quantitative estimate of drug-likeness (QED) is 0.406. The van der Waals surface area contributed by atoms with E-state index in [0.29, 0.717) is 16.5 Å². The van der Waals surface area contributed by atoms with Crippen LogP contribution in [0.3, 0.4) is 0 Å². The molecule has 1 saturated carbocycles. The first-order valence-corrected chi connectivity index (χ1v) is 10.3. The van der Waals surface area contributed by atoms with E-state index in [0.717, 1.165) is 16.8 Å². The summed E-state index contributed by atoms with van der Waals surface area (Å²) in [6, 6.07) is 10.0. The number of carbonyl (C=O) groups excluding carboxylic acids is 2. The summed E-state index contributed by atoms with van der Waals surface area (Å²) in [4.78, 5) is 35.6. The monoisotopic (exact) mass is 406 g/mol. The van der Waals surface area contributed by atoms with Crippen molar-refractivity contribution in [1.29, 1.82) is 0 Å². The third kappa shape index (κ3) is 2.45. The molecule has 6 nitrogen and oxygen atoms in total. The summed E-state index contributed by atoms with van der Waals surface area (Å²) in [7, 11) is 0. The Hall–Kier alpha value is -3.13. The van der Waals surface area contributed by atoms with Gasteiger partial charge in [-0.1, -0.05) is 29.6 Å². The van der Waals surface area contributed by atoms with Gasteiger partial charge in [0.2, 0.25) is 17.8 Å². The van der Waals surface area contributed by atoms with Gasteiger partial charge in [-0.3, -0.25) is 9.59 Å². The molecular formula is C21H15FN4O2S. The highest BCUT2D eigenvalue weighted by Crippen LogP contribution is 2.53. The zero-order chi connectivity index (χ0) is 19.7. The molecule has 2 fully saturated rings. The fraction of sp³-hybridized carbons (Fsp3) is 0.238. The Kier molecular flexibility index (Phi) is 3.44. The molecule has 0 spiro atoms. The molecule has 0 radical (unpaired) electrons. The number of thiazole rings is 1. The lowest BCUT2D eigenvalue weighted by atomic mass is 9.85. The zero-order valence-electron chi connectivity index (χ0n) is 15.1. The number of benzene rings is 1. The normalized spacial score (nSPS) is 27.3. The molecule has 8 heteroatoms. The first kappa shape index (κ1) is 16.8. The highest BCUT2D eigenvalue weighted by atomic mass is 32.1. The Balaban J connectivity index is 1.32. The van der Waals surface area contributed by atoms with Crippen molar-refractivity contribution >= 4 is 50.0 Å². The molecule has 1 saturated heterocycles. The van der Waals surface area contributed by atoms with E-state index < -0.39 is 5.95 Å². The molecule has 2 aliphatic carbocycles. The minimum Gasteiger partial charge on any atom is -0.340 e. The number of carbonyl (C=O) groups is 2. The molecule has 3 aromatic rings. The van der Waals surface area contributed by atoms with E-state index >= 15 is 0 Å². The number of amides is 2. The topological polar surface area (TPSA) is 75.2 Å². The van der Waals surface area contributed by atoms with Crippen molar-refractivity contribution in [3.63, 3.8) is 0 Å². The fourth-order valence-electron chi connectivity index (χ4n) is 4.80. The van der Waals surface area contributed by atoms with E-state index in [-0.39, 0.29) is 35.5 Å². The first-order valence-electron chi connectivity index (χ1n) is 9.45. The molecule has 2 amide bonds. The number of hydrogen-bond acceptors (Lipinski definition) is 6. The van der Waals surface area contributed by atoms with Crippen LogP contribution in [0.4, 0.5) is 21.0 Å². The molecular weight excluding hydrogens is 391 g/mol. The minimum absolute atomic E-state index is 0.127. The fourth-order valence-corrected chi connectivity index (χ4v) is 5.82. The van der Waals surface area contributed by atoms with Gasteiger partial charge >= 0.3 is 0 Å². The lowest BCUT2D eigenvalue weighted by Gasteiger charge is -2.14. The number of nitrogens with zero attached hydrogens (tertiary/aromatic N) is 3. The van der Waals surface area contributed by atoms with Gasteiger partial charge in [0.25, 0.3) is 0 Å². The van der Waals surface area contributed by atoms with Crippen molar-refractivity contribution in [2.75, 3.05) is 10.2 Å². The maximum absolute atomic E-state index is 13.3. The molecule has 6 rings (SSSR count). The molecule has 1 aromatic carbocycles. The van der Waals surface area contributed by atoms with E-state index in [2.05, 4.69) is 27.4 Å². The van der Waals surface area contributed by atoms with Crippen LogP contribution in [0.25, 0.3) is 10.2 Å². The lowest BCUT2D eigenvalue weighted by Crippen LogP contribution is -2.32. The van der Waals surface area contributed by atoms with Crippen LogP contribution in [-0.4, -0.2) is 21.8 Å². The number of aromatic nitrogens is 2. The molecule has 2 unspecified atom stereocenters. The van der Waals surface area contributed by atoms with Crippen molar-refractivity contribution in [2.45, 2.75) is 6.42 Å². The Bertz CT molecular complexity index is 1190. The molecule has 3 heterocycles. The summed E-state index contributed by atoms with van der Waals surface area (Å²) in [6.45, 7) is 0. The summed E-state index contributed by atoms with van der Waals surface area (Å²) in [6.07, 6.45) is 5.07. The Morgan fingerprint density at radius 2 is 1.79 bits per heavy atom. The summed E-state index contributed by atoms with van der Waals surface area (Å²) < 4.78 is 14.1. The second-order valence-electron chi connectivity index (χ2n) is 7.66. The average Bonchev–Trinajstić information content (AvgIpc) is 3.44. The van der Waals surface area contributed by atoms with Crippen molar-refractivity contribution in [3.05, 3.63) is 54.5 Å². The molecule has 1 aliphatic heterocycles. The number of anilines is 3. The van der Waals surface area contributed by atoms with E-state index in [1.807, 2.05) is 18.2 Å². The van der Waals surface area contributed by atoms with Crippen molar-refractivity contribution in [3.8, 4) is 0 Å². The first-order chi connectivity index (χ1) is 14.1. The SMILES string of the molecule is O=C1[C@@H]2C3C=CC(C3)[C@@H]2C(=O)N1c1nc2ccc(Nc3cccc(F)n3)cc2s1. The number of halogens is 1. The van der Waals surface area contributed by atoms with E-state index in [1.165, 1.54) is 22.3 Å². The van der Waals surface area contributed by atoms with Gasteiger partial charge in [-0.15, -0.1) is 0 Å². The van der Waals surface area contributed by atoms with Crippen LogP contribution in [0.5, 0.6) is 0 Å². The highest BCUT2D eigenvalue weighted by molar-refractivity contribution is 7.22. The maximum Gasteiger partial charge on any atom is 0.240 e. The van der Waals surface area contributed by atoms with Gasteiger partial charge in [0.05, 0.1) is 22.1 Å². The molecule has 2 bridgehead atoms. The van der Waals surface area contributed by atoms with E-state index in [4.69, 9.17) is 0 Å². The summed E-state index contributed by atoms with van der Waals surface area (Å²) in [5.41, 5.74) is 1.44. The largest absolute Gasteiger partial charge is 0.340 e. The Morgan fingerprint density at radius 3 is 2.52 bits per heavy atom. The van der Waals surface area contributed by atoms with Gasteiger partial charge in [-0.2, -0.15) is 4.39 Å². The van der Waals surface area contributed by atoms with Crippen molar-refractivity contribution in [2.24, 2.45) is 23.7 Å². The number of fused-ring (bicyclic) bond motifs is 6. The van der Waals surface area contributed by atoms with Gasteiger partial charge in [0.15, 0.2) is 5.13 Å². The lowest BCUT2D eigenvalue weighted by molar-refractivity contribution is -0.123. The third-order valence-electron chi connectivity index (χ3n) is 6.03. The Labute approximate surface area is 169 Å². The van der Waals surface area contributed by atoms with Crippen molar-refractivity contribution < 1.29 is 14.0 Å². The van der Waals surface area contributed by atoms with Crippen LogP contribution >= 0.6 is 11.3 Å². The predicted octanol–water partition coefficient (Wildman–Crippen LogP) is 3.89. The van der Waals surface area contributed by atoms with Crippen LogP contribution in [0.1, 0.15) is 6.42 Å². The van der Waals surface area contributed by atoms with Crippen LogP contribution in [0.15, 0.2) is 48.6 Å². The molecule has 2 aromatic heterocycles. The summed E-state index contributed by atoms with van der Waals surface area (Å²) in [5, 5.41) is 3.48. The summed E-state index contributed by atoms with van der Waals surface area (Å²) in [5.74, 6) is -0.533. The Morgan fingerprint density at radius 1 is 1.03 bits per heavy atom. The maximum atomic E-state index is 13.3. The van der Waals surface area contributed by atoms with Gasteiger partial charge in [-0.05, 0) is 48.6 Å². The van der Waals surface area contributed by atoms with Crippen LogP contribution in [-0.2, 0) is 9.59 Å². The minimum atomic E-state index is -0.559. The summed E-state index contributed by atoms with van der Waals surface area (Å²) >= 11 is 1.31. The standard InChI is InChI=1S/C21H15FN4O2S/c22-15-2-1-3-16(25-15)23-12-6-7-13-14(9-12)29-21(24-13)26-19(27)17-10-4-5-11(8-10)18(17)20(26)28/h1-7,9-11,17-18H,8H2,(H,23,25)/t10?,11?,17-,18+. The highest BCUT2D eigenvalue weighted by Gasteiger charge is 2.60. The predicted molar refractivity (Wildman–Crippen MR) is 107 cm³/mol. The van der Waals surface area contributed by atoms with Gasteiger partial charge in [0.1, 0.15) is 5.82 Å². The van der Waals surface area contributed by atoms with Crippen LogP contribution in [0, 0.1) is 29.6 Å². The molecule has 29 heavy (non-hydrogen) atoms. The number of allylic oxidation sites excluding steroid dienone is 2. The number of imide groups is 1. The molecule has 1 N–H and O–H groups in total. The number of hydrogen-bond donors (Lipinski definition) is 1. The molecule has 3 aliphatic rings. The van der Waals surface area contributed by atoms with Crippen molar-refractivity contribution in [1.82, 2.24) is 9.97 Å². The second kappa shape index (κ2) is 5.93. The van der Waals surface area contributed by atoms with Crippen LogP contribution in [0.2, 0.25) is 0 Å². The number of pyridine rings is 1. The van der Waals surface area contributed by atoms with Gasteiger partial charge < -0.3 is 5.32 Å². The van der Waals surface area contributed by atoms with E-state index in [1.54, 1.807) is 12.1 Å². The second-order valence-corrected chi connectivity index (χ2v) is 8.67. The van der Waals surface area contributed by atoms with Gasteiger partial charge in [-0.25, -0.2) is 14.9 Å². The zero-order valence-corrected chi connectivity index (χ0v) is 15.9. The average molecular weight is 406 g/mol. The van der Waals surface area contributed by atoms with Gasteiger partial charge in [0, 0.05) is 5.69 Å². The smallest absolute Gasteiger partial charge is 0.240 e. The number of rotatable bonds is 3. The number of nitrogens with one attached hydrogen (secondary N) is 1. The molecule has 144 valence electrons. The third-order valence-corrected chi connectivity index (χ3v) is 7.03. The molecule has 4 atom stereocenters. The van der Waals surface area contributed by atoms with Crippen LogP contribution < -0.4 is 10.2 Å².